The second-order valence-corrected chi connectivity index (χ2v) is 7.60. The Bertz CT molecular complexity index is 827. The molecule has 0 radical (unpaired) electrons. The number of rotatable bonds is 8. The maximum atomic E-state index is 13.0. The molecule has 5 nitrogen and oxygen atoms in total. The van der Waals surface area contributed by atoms with Crippen molar-refractivity contribution >= 4 is 23.0 Å². The second-order valence-electron chi connectivity index (χ2n) is 6.65. The van der Waals surface area contributed by atoms with E-state index < -0.39 is 17.7 Å². The molecule has 0 bridgehead atoms. The summed E-state index contributed by atoms with van der Waals surface area (Å²) < 4.78 is 5.56. The van der Waals surface area contributed by atoms with E-state index in [1.807, 2.05) is 44.2 Å². The highest BCUT2D eigenvalue weighted by Crippen LogP contribution is 2.39. The molecule has 2 heterocycles. The van der Waals surface area contributed by atoms with Gasteiger partial charge in [0.2, 0.25) is 5.78 Å². The Balaban J connectivity index is 1.91. The molecule has 0 saturated heterocycles. The Kier molecular flexibility index (Phi) is 6.08. The molecule has 1 atom stereocenters. The zero-order valence-corrected chi connectivity index (χ0v) is 16.2. The number of hydrogen-bond acceptors (Lipinski definition) is 5. The molecule has 1 aromatic heterocycles. The van der Waals surface area contributed by atoms with Crippen LogP contribution in [-0.2, 0) is 9.53 Å². The summed E-state index contributed by atoms with van der Waals surface area (Å²) in [5.74, 6) is -1.26. The van der Waals surface area contributed by atoms with Gasteiger partial charge in [-0.2, -0.15) is 0 Å². The van der Waals surface area contributed by atoms with Crippen LogP contribution in [0.1, 0.15) is 41.5 Å². The van der Waals surface area contributed by atoms with Gasteiger partial charge in [0, 0.05) is 13.2 Å². The maximum absolute atomic E-state index is 13.0. The van der Waals surface area contributed by atoms with Crippen LogP contribution in [-0.4, -0.2) is 41.0 Å². The van der Waals surface area contributed by atoms with Gasteiger partial charge in [-0.1, -0.05) is 36.4 Å². The van der Waals surface area contributed by atoms with Crippen LogP contribution in [0, 0.1) is 0 Å². The lowest BCUT2D eigenvalue weighted by molar-refractivity contribution is -0.129. The van der Waals surface area contributed by atoms with E-state index in [4.69, 9.17) is 4.74 Å². The molecule has 2 aromatic rings. The fourth-order valence-electron chi connectivity index (χ4n) is 3.19. The Hall–Kier alpha value is -2.44. The number of ether oxygens (including phenoxy) is 1. The third-order valence-corrected chi connectivity index (χ3v) is 5.27. The van der Waals surface area contributed by atoms with Gasteiger partial charge < -0.3 is 14.7 Å². The summed E-state index contributed by atoms with van der Waals surface area (Å²) in [5.41, 5.74) is 0.956. The molecule has 0 saturated carbocycles. The summed E-state index contributed by atoms with van der Waals surface area (Å²) in [5, 5.41) is 12.3. The van der Waals surface area contributed by atoms with E-state index in [1.165, 1.54) is 11.3 Å². The molecule has 1 unspecified atom stereocenters. The summed E-state index contributed by atoms with van der Waals surface area (Å²) in [6.45, 7) is 4.83. The minimum Gasteiger partial charge on any atom is -0.503 e. The average Bonchev–Trinajstić information content (AvgIpc) is 3.28. The quantitative estimate of drug-likeness (QED) is 0.548. The molecule has 1 aliphatic rings. The van der Waals surface area contributed by atoms with E-state index in [0.717, 1.165) is 5.56 Å². The van der Waals surface area contributed by atoms with Gasteiger partial charge in [0.25, 0.3) is 5.91 Å². The smallest absolute Gasteiger partial charge is 0.290 e. The van der Waals surface area contributed by atoms with Crippen LogP contribution in [0.5, 0.6) is 0 Å². The van der Waals surface area contributed by atoms with Crippen LogP contribution in [0.3, 0.4) is 0 Å². The van der Waals surface area contributed by atoms with E-state index >= 15 is 0 Å². The van der Waals surface area contributed by atoms with Gasteiger partial charge in [0.05, 0.1) is 22.6 Å². The Labute approximate surface area is 162 Å². The van der Waals surface area contributed by atoms with Gasteiger partial charge >= 0.3 is 0 Å². The van der Waals surface area contributed by atoms with Gasteiger partial charge in [-0.15, -0.1) is 11.3 Å². The molecule has 27 heavy (non-hydrogen) atoms. The lowest BCUT2D eigenvalue weighted by atomic mass is 9.95. The third kappa shape index (κ3) is 4.12. The van der Waals surface area contributed by atoms with E-state index in [2.05, 4.69) is 0 Å². The number of Topliss-reactive ketones (excluding diaryl/α,β-unsaturated/α-hetero) is 1. The summed E-state index contributed by atoms with van der Waals surface area (Å²) >= 11 is 1.30. The van der Waals surface area contributed by atoms with E-state index in [0.29, 0.717) is 24.4 Å². The minimum atomic E-state index is -0.590. The zero-order chi connectivity index (χ0) is 19.4. The Morgan fingerprint density at radius 2 is 1.96 bits per heavy atom. The highest BCUT2D eigenvalue weighted by Gasteiger charge is 2.43. The van der Waals surface area contributed by atoms with Crippen LogP contribution in [0.25, 0.3) is 0 Å². The van der Waals surface area contributed by atoms with Gasteiger partial charge in [-0.25, -0.2) is 0 Å². The minimum absolute atomic E-state index is 0.117. The number of nitrogens with zero attached hydrogens (tertiary/aromatic N) is 1. The van der Waals surface area contributed by atoms with Crippen molar-refractivity contribution in [1.82, 2.24) is 4.90 Å². The van der Waals surface area contributed by atoms with Crippen LogP contribution < -0.4 is 0 Å². The van der Waals surface area contributed by atoms with E-state index in [1.54, 1.807) is 22.4 Å². The number of amides is 1. The number of carbonyl (C=O) groups excluding carboxylic acids is 2. The first-order chi connectivity index (χ1) is 13.0. The molecule has 0 spiro atoms. The summed E-state index contributed by atoms with van der Waals surface area (Å²) in [6, 6.07) is 12.2. The lowest BCUT2D eigenvalue weighted by Gasteiger charge is -2.27. The molecule has 1 aliphatic heterocycles. The van der Waals surface area contributed by atoms with Crippen LogP contribution in [0.2, 0.25) is 0 Å². The zero-order valence-electron chi connectivity index (χ0n) is 15.4. The van der Waals surface area contributed by atoms with E-state index in [-0.39, 0.29) is 17.5 Å². The van der Waals surface area contributed by atoms with Crippen molar-refractivity contribution in [2.24, 2.45) is 0 Å². The topological polar surface area (TPSA) is 66.8 Å². The average molecular weight is 385 g/mol. The fourth-order valence-corrected chi connectivity index (χ4v) is 3.87. The maximum Gasteiger partial charge on any atom is 0.290 e. The highest BCUT2D eigenvalue weighted by molar-refractivity contribution is 7.12. The molecule has 142 valence electrons. The molecule has 3 rings (SSSR count). The predicted molar refractivity (Wildman–Crippen MR) is 105 cm³/mol. The van der Waals surface area contributed by atoms with Crippen LogP contribution in [0.4, 0.5) is 0 Å². The number of carbonyl (C=O) groups is 2. The number of hydrogen-bond donors (Lipinski definition) is 1. The first-order valence-corrected chi connectivity index (χ1v) is 9.87. The Morgan fingerprint density at radius 1 is 1.22 bits per heavy atom. The van der Waals surface area contributed by atoms with Gasteiger partial charge in [-0.05, 0) is 37.3 Å². The van der Waals surface area contributed by atoms with Crippen molar-refractivity contribution in [2.45, 2.75) is 32.4 Å². The van der Waals surface area contributed by atoms with Gasteiger partial charge in [0.1, 0.15) is 0 Å². The molecule has 1 aromatic carbocycles. The standard InChI is InChI=1S/C21H23NO4S/c1-14(2)26-12-7-11-22-18(15-8-4-3-5-9-15)17(20(24)21(22)25)19(23)16-10-6-13-27-16/h3-6,8-10,13-14,18,24H,7,11-12H2,1-2H3. The van der Waals surface area contributed by atoms with Crippen molar-refractivity contribution in [3.8, 4) is 0 Å². The van der Waals surface area contributed by atoms with Gasteiger partial charge in [-0.3, -0.25) is 9.59 Å². The van der Waals surface area contributed by atoms with Crippen molar-refractivity contribution in [1.29, 1.82) is 0 Å². The first-order valence-electron chi connectivity index (χ1n) is 8.99. The molecular formula is C21H23NO4S. The summed E-state index contributed by atoms with van der Waals surface area (Å²) in [7, 11) is 0. The Morgan fingerprint density at radius 3 is 2.59 bits per heavy atom. The summed E-state index contributed by atoms with van der Waals surface area (Å²) in [4.78, 5) is 27.8. The van der Waals surface area contributed by atoms with Crippen molar-refractivity contribution < 1.29 is 19.4 Å². The molecule has 6 heteroatoms. The number of thiophene rings is 1. The molecular weight excluding hydrogens is 362 g/mol. The van der Waals surface area contributed by atoms with E-state index in [9.17, 15) is 14.7 Å². The summed E-state index contributed by atoms with van der Waals surface area (Å²) in [6.07, 6.45) is 0.743. The van der Waals surface area contributed by atoms with Gasteiger partial charge in [0.15, 0.2) is 5.76 Å². The van der Waals surface area contributed by atoms with Crippen molar-refractivity contribution in [2.75, 3.05) is 13.2 Å². The van der Waals surface area contributed by atoms with Crippen LogP contribution in [0.15, 0.2) is 59.2 Å². The lowest BCUT2D eigenvalue weighted by Crippen LogP contribution is -2.32. The molecule has 1 amide bonds. The van der Waals surface area contributed by atoms with Crippen molar-refractivity contribution in [3.63, 3.8) is 0 Å². The number of benzene rings is 1. The monoisotopic (exact) mass is 385 g/mol. The predicted octanol–water partition coefficient (Wildman–Crippen LogP) is 4.14. The normalized spacial score (nSPS) is 17.2. The molecule has 0 fully saturated rings. The number of aliphatic hydroxyl groups excluding tert-OH is 1. The largest absolute Gasteiger partial charge is 0.503 e. The molecule has 0 aliphatic carbocycles. The third-order valence-electron chi connectivity index (χ3n) is 4.40. The fraction of sp³-hybridized carbons (Fsp3) is 0.333. The number of aliphatic hydroxyl groups is 1. The highest BCUT2D eigenvalue weighted by atomic mass is 32.1. The number of ketones is 1. The second kappa shape index (κ2) is 8.50. The first kappa shape index (κ1) is 19.3. The van der Waals surface area contributed by atoms with Crippen molar-refractivity contribution in [3.05, 3.63) is 69.6 Å². The SMILES string of the molecule is CC(C)OCCCN1C(=O)C(O)=C(C(=O)c2cccs2)C1c1ccccc1. The molecule has 1 N–H and O–H groups in total. The van der Waals surface area contributed by atoms with Crippen LogP contribution >= 0.6 is 11.3 Å².